The van der Waals surface area contributed by atoms with E-state index in [9.17, 15) is 24.3 Å². The van der Waals surface area contributed by atoms with E-state index >= 15 is 0 Å². The molecule has 0 spiro atoms. The van der Waals surface area contributed by atoms with Gasteiger partial charge in [-0.2, -0.15) is 0 Å². The lowest BCUT2D eigenvalue weighted by atomic mass is 9.98. The number of nitrogens with two attached hydrogens (primary N) is 2. The lowest BCUT2D eigenvalue weighted by Gasteiger charge is -2.25. The number of nitrogens with one attached hydrogen (secondary N) is 2. The van der Waals surface area contributed by atoms with Crippen molar-refractivity contribution in [3.05, 3.63) is 0 Å². The highest BCUT2D eigenvalue weighted by Gasteiger charge is 2.30. The van der Waals surface area contributed by atoms with Gasteiger partial charge in [-0.15, -0.1) is 0 Å². The zero-order valence-electron chi connectivity index (χ0n) is 15.2. The summed E-state index contributed by atoms with van der Waals surface area (Å²) in [7, 11) is 0. The molecule has 0 heterocycles. The Morgan fingerprint density at radius 1 is 1.04 bits per heavy atom. The maximum atomic E-state index is 12.5. The van der Waals surface area contributed by atoms with Gasteiger partial charge in [-0.05, 0) is 31.7 Å². The molecular weight excluding hydrogens is 344 g/mol. The van der Waals surface area contributed by atoms with Crippen LogP contribution in [-0.4, -0.2) is 58.6 Å². The third kappa shape index (κ3) is 8.77. The lowest BCUT2D eigenvalue weighted by molar-refractivity contribution is -0.144. The van der Waals surface area contributed by atoms with Crippen molar-refractivity contribution in [2.75, 3.05) is 6.54 Å². The van der Waals surface area contributed by atoms with Crippen LogP contribution >= 0.6 is 0 Å². The van der Waals surface area contributed by atoms with Crippen LogP contribution < -0.4 is 22.1 Å². The smallest absolute Gasteiger partial charge is 0.326 e. The van der Waals surface area contributed by atoms with Crippen LogP contribution in [0, 0.1) is 5.92 Å². The minimum Gasteiger partial charge on any atom is -0.481 e. The van der Waals surface area contributed by atoms with Crippen molar-refractivity contribution in [2.45, 2.75) is 64.1 Å². The number of carboxylic acids is 2. The number of rotatable bonds is 13. The van der Waals surface area contributed by atoms with Gasteiger partial charge < -0.3 is 32.3 Å². The van der Waals surface area contributed by atoms with Gasteiger partial charge in [0.15, 0.2) is 0 Å². The molecule has 26 heavy (non-hydrogen) atoms. The molecule has 10 heteroatoms. The van der Waals surface area contributed by atoms with Crippen LogP contribution in [0.3, 0.4) is 0 Å². The normalized spacial score (nSPS) is 15.4. The first-order chi connectivity index (χ1) is 12.1. The first-order valence-corrected chi connectivity index (χ1v) is 8.64. The second-order valence-electron chi connectivity index (χ2n) is 6.26. The van der Waals surface area contributed by atoms with Crippen molar-refractivity contribution >= 4 is 23.8 Å². The Kier molecular flexibility index (Phi) is 11.2. The Bertz CT molecular complexity index is 499. The van der Waals surface area contributed by atoms with Gasteiger partial charge in [0, 0.05) is 0 Å². The number of carbonyl (C=O) groups excluding carboxylic acids is 2. The molecule has 0 aliphatic rings. The molecule has 0 aromatic carbocycles. The number of unbranched alkanes of at least 4 members (excludes halogenated alkanes) is 1. The van der Waals surface area contributed by atoms with E-state index in [0.717, 1.165) is 0 Å². The molecule has 0 fully saturated rings. The molecule has 0 bridgehead atoms. The van der Waals surface area contributed by atoms with E-state index in [0.29, 0.717) is 25.8 Å². The summed E-state index contributed by atoms with van der Waals surface area (Å²) in [6, 6.07) is -3.41. The fourth-order valence-corrected chi connectivity index (χ4v) is 2.26. The Labute approximate surface area is 152 Å². The predicted molar refractivity (Wildman–Crippen MR) is 94.1 cm³/mol. The molecule has 0 rings (SSSR count). The highest BCUT2D eigenvalue weighted by atomic mass is 16.4. The van der Waals surface area contributed by atoms with Crippen molar-refractivity contribution in [1.82, 2.24) is 10.6 Å². The third-order valence-electron chi connectivity index (χ3n) is 4.09. The molecule has 0 unspecified atom stereocenters. The summed E-state index contributed by atoms with van der Waals surface area (Å²) in [6.45, 7) is 3.91. The van der Waals surface area contributed by atoms with E-state index in [1.54, 1.807) is 13.8 Å². The fourth-order valence-electron chi connectivity index (χ4n) is 2.26. The molecule has 0 aromatic rings. The molecule has 10 nitrogen and oxygen atoms in total. The van der Waals surface area contributed by atoms with Gasteiger partial charge in [-0.3, -0.25) is 14.4 Å². The van der Waals surface area contributed by atoms with Crippen molar-refractivity contribution in [3.63, 3.8) is 0 Å². The Morgan fingerprint density at radius 2 is 1.65 bits per heavy atom. The molecule has 0 aliphatic carbocycles. The molecule has 2 amide bonds. The van der Waals surface area contributed by atoms with E-state index < -0.39 is 48.3 Å². The zero-order chi connectivity index (χ0) is 20.3. The van der Waals surface area contributed by atoms with E-state index in [1.807, 2.05) is 0 Å². The van der Waals surface area contributed by atoms with Crippen LogP contribution in [0.25, 0.3) is 0 Å². The molecule has 0 aliphatic heterocycles. The first-order valence-electron chi connectivity index (χ1n) is 8.64. The Balaban J connectivity index is 5.08. The molecular formula is C16H30N4O6. The quantitative estimate of drug-likeness (QED) is 0.222. The number of hydrogen-bond acceptors (Lipinski definition) is 6. The number of amides is 2. The summed E-state index contributed by atoms with van der Waals surface area (Å²) in [4.78, 5) is 46.5. The maximum Gasteiger partial charge on any atom is 0.326 e. The number of carboxylic acid groups (broad SMARTS) is 2. The monoisotopic (exact) mass is 374 g/mol. The van der Waals surface area contributed by atoms with Gasteiger partial charge in [0.1, 0.15) is 12.1 Å². The van der Waals surface area contributed by atoms with Gasteiger partial charge in [-0.1, -0.05) is 20.3 Å². The SMILES string of the molecule is CC[C@H](C)[C@H](NC(=O)[C@H](CCCCN)NC(=O)[C@@H](N)CC(=O)O)C(=O)O. The van der Waals surface area contributed by atoms with Crippen molar-refractivity contribution in [3.8, 4) is 0 Å². The molecule has 0 radical (unpaired) electrons. The van der Waals surface area contributed by atoms with Gasteiger partial charge >= 0.3 is 11.9 Å². The van der Waals surface area contributed by atoms with Gasteiger partial charge in [0.2, 0.25) is 11.8 Å². The van der Waals surface area contributed by atoms with Gasteiger partial charge in [-0.25, -0.2) is 4.79 Å². The van der Waals surface area contributed by atoms with Crippen LogP contribution in [0.4, 0.5) is 0 Å². The highest BCUT2D eigenvalue weighted by Crippen LogP contribution is 2.10. The van der Waals surface area contributed by atoms with Crippen LogP contribution in [0.2, 0.25) is 0 Å². The summed E-state index contributed by atoms with van der Waals surface area (Å²) in [5.74, 6) is -4.13. The van der Waals surface area contributed by atoms with Crippen molar-refractivity contribution < 1.29 is 29.4 Å². The molecule has 8 N–H and O–H groups in total. The van der Waals surface area contributed by atoms with Crippen LogP contribution in [-0.2, 0) is 19.2 Å². The maximum absolute atomic E-state index is 12.5. The van der Waals surface area contributed by atoms with Crippen LogP contribution in [0.15, 0.2) is 0 Å². The molecule has 0 saturated carbocycles. The van der Waals surface area contributed by atoms with E-state index in [-0.39, 0.29) is 12.3 Å². The van der Waals surface area contributed by atoms with E-state index in [2.05, 4.69) is 10.6 Å². The van der Waals surface area contributed by atoms with E-state index in [1.165, 1.54) is 0 Å². The third-order valence-corrected chi connectivity index (χ3v) is 4.09. The summed E-state index contributed by atoms with van der Waals surface area (Å²) < 4.78 is 0. The predicted octanol–water partition coefficient (Wildman–Crippen LogP) is -0.982. The van der Waals surface area contributed by atoms with Gasteiger partial charge in [0.05, 0.1) is 12.5 Å². The average Bonchev–Trinajstić information content (AvgIpc) is 2.56. The summed E-state index contributed by atoms with van der Waals surface area (Å²) >= 11 is 0. The standard InChI is InChI=1S/C16H30N4O6/c1-3-9(2)13(16(25)26)20-15(24)11(6-4-5-7-17)19-14(23)10(18)8-12(21)22/h9-11,13H,3-8,17-18H2,1-2H3,(H,19,23)(H,20,24)(H,21,22)(H,25,26)/t9-,10-,11-,13-/m0/s1. The highest BCUT2D eigenvalue weighted by molar-refractivity contribution is 5.92. The Morgan fingerprint density at radius 3 is 2.12 bits per heavy atom. The lowest BCUT2D eigenvalue weighted by Crippen LogP contribution is -2.55. The topological polar surface area (TPSA) is 185 Å². The van der Waals surface area contributed by atoms with Gasteiger partial charge in [0.25, 0.3) is 0 Å². The minimum absolute atomic E-state index is 0.238. The molecule has 0 aromatic heterocycles. The number of aliphatic carboxylic acids is 2. The second-order valence-corrected chi connectivity index (χ2v) is 6.26. The van der Waals surface area contributed by atoms with Crippen LogP contribution in [0.5, 0.6) is 0 Å². The molecule has 150 valence electrons. The van der Waals surface area contributed by atoms with Crippen molar-refractivity contribution in [1.29, 1.82) is 0 Å². The van der Waals surface area contributed by atoms with Crippen molar-refractivity contribution in [2.24, 2.45) is 17.4 Å². The average molecular weight is 374 g/mol. The molecule has 0 saturated heterocycles. The summed E-state index contributed by atoms with van der Waals surface area (Å²) in [6.07, 6.45) is 1.36. The zero-order valence-corrected chi connectivity index (χ0v) is 15.2. The second kappa shape index (κ2) is 12.2. The minimum atomic E-state index is -1.30. The number of hydrogen-bond donors (Lipinski definition) is 6. The largest absolute Gasteiger partial charge is 0.481 e. The summed E-state index contributed by atoms with van der Waals surface area (Å²) in [5, 5.41) is 22.8. The van der Waals surface area contributed by atoms with Crippen LogP contribution in [0.1, 0.15) is 46.0 Å². The fraction of sp³-hybridized carbons (Fsp3) is 0.750. The van der Waals surface area contributed by atoms with E-state index in [4.69, 9.17) is 16.6 Å². The summed E-state index contributed by atoms with van der Waals surface area (Å²) in [5.41, 5.74) is 10.9. The first kappa shape index (κ1) is 23.8. The molecule has 4 atom stereocenters. The number of carbonyl (C=O) groups is 4. The Hall–Kier alpha value is -2.20.